The second kappa shape index (κ2) is 6.21. The summed E-state index contributed by atoms with van der Waals surface area (Å²) in [6, 6.07) is 20.0. The molecule has 2 nitrogen and oxygen atoms in total. The summed E-state index contributed by atoms with van der Waals surface area (Å²) < 4.78 is 0. The number of anilines is 1. The summed E-state index contributed by atoms with van der Waals surface area (Å²) in [7, 11) is 0. The molecule has 0 amide bonds. The van der Waals surface area contributed by atoms with Crippen molar-refractivity contribution in [3.05, 3.63) is 78.4 Å². The van der Waals surface area contributed by atoms with Crippen LogP contribution in [0.15, 0.2) is 72.8 Å². The van der Waals surface area contributed by atoms with E-state index in [0.717, 1.165) is 16.8 Å². The molecule has 0 saturated heterocycles. The molecule has 0 radical (unpaired) electrons. The van der Waals surface area contributed by atoms with Gasteiger partial charge in [-0.05, 0) is 24.6 Å². The van der Waals surface area contributed by atoms with Gasteiger partial charge in [-0.25, -0.2) is 0 Å². The van der Waals surface area contributed by atoms with Gasteiger partial charge in [0, 0.05) is 5.69 Å². The molecule has 2 rings (SSSR count). The fourth-order valence-corrected chi connectivity index (χ4v) is 2.30. The van der Waals surface area contributed by atoms with Gasteiger partial charge < -0.3 is 10.0 Å². The molecule has 0 aliphatic rings. The van der Waals surface area contributed by atoms with E-state index >= 15 is 0 Å². The molecule has 19 heavy (non-hydrogen) atoms. The van der Waals surface area contributed by atoms with E-state index in [1.807, 2.05) is 60.4 Å². The van der Waals surface area contributed by atoms with Crippen molar-refractivity contribution in [2.24, 2.45) is 0 Å². The van der Waals surface area contributed by atoms with Gasteiger partial charge in [0.1, 0.15) is 6.73 Å². The fraction of sp³-hybridized carbons (Fsp3) is 0.176. The van der Waals surface area contributed by atoms with Crippen LogP contribution in [-0.2, 0) is 0 Å². The first-order chi connectivity index (χ1) is 9.24. The number of benzene rings is 2. The Morgan fingerprint density at radius 3 is 2.05 bits per heavy atom. The van der Waals surface area contributed by atoms with Crippen molar-refractivity contribution in [3.8, 4) is 0 Å². The Kier molecular flexibility index (Phi) is 4.37. The lowest BCUT2D eigenvalue weighted by Crippen LogP contribution is -2.30. The molecule has 0 aliphatic heterocycles. The molecule has 2 aromatic rings. The lowest BCUT2D eigenvalue weighted by Gasteiger charge is -2.32. The van der Waals surface area contributed by atoms with Gasteiger partial charge >= 0.3 is 0 Å². The third kappa shape index (κ3) is 3.04. The first-order valence-electron chi connectivity index (χ1n) is 6.37. The zero-order chi connectivity index (χ0) is 13.7. The second-order valence-electron chi connectivity index (χ2n) is 4.61. The Morgan fingerprint density at radius 2 is 1.58 bits per heavy atom. The predicted molar refractivity (Wildman–Crippen MR) is 80.0 cm³/mol. The average molecular weight is 253 g/mol. The van der Waals surface area contributed by atoms with Crippen molar-refractivity contribution >= 4 is 5.69 Å². The Hall–Kier alpha value is -2.06. The van der Waals surface area contributed by atoms with Gasteiger partial charge in [-0.3, -0.25) is 0 Å². The molecule has 2 heteroatoms. The van der Waals surface area contributed by atoms with Gasteiger partial charge in [0.2, 0.25) is 0 Å². The van der Waals surface area contributed by atoms with Crippen molar-refractivity contribution in [1.29, 1.82) is 0 Å². The van der Waals surface area contributed by atoms with E-state index in [0.29, 0.717) is 0 Å². The summed E-state index contributed by atoms with van der Waals surface area (Å²) in [5, 5.41) is 9.74. The summed E-state index contributed by atoms with van der Waals surface area (Å²) in [6.07, 6.45) is 0. The number of rotatable bonds is 5. The number of hydrogen-bond donors (Lipinski definition) is 1. The highest BCUT2D eigenvalue weighted by molar-refractivity contribution is 5.50. The molecule has 98 valence electrons. The molecule has 0 bridgehead atoms. The number of para-hydroxylation sites is 1. The van der Waals surface area contributed by atoms with Crippen LogP contribution in [0.3, 0.4) is 0 Å². The van der Waals surface area contributed by atoms with Gasteiger partial charge in [-0.2, -0.15) is 0 Å². The first-order valence-corrected chi connectivity index (χ1v) is 6.37. The molecule has 0 spiro atoms. The Labute approximate surface area is 114 Å². The van der Waals surface area contributed by atoms with Crippen LogP contribution in [0.1, 0.15) is 18.5 Å². The average Bonchev–Trinajstić information content (AvgIpc) is 2.46. The Balaban J connectivity index is 2.41. The Bertz CT molecular complexity index is 521. The maximum atomic E-state index is 9.74. The SMILES string of the molecule is C=C(C)C(c1ccccc1)N(CO)c1ccccc1. The maximum absolute atomic E-state index is 9.74. The lowest BCUT2D eigenvalue weighted by atomic mass is 9.99. The minimum atomic E-state index is -0.0452. The van der Waals surface area contributed by atoms with E-state index < -0.39 is 0 Å². The number of aliphatic hydroxyl groups excluding tert-OH is 1. The highest BCUT2D eigenvalue weighted by Crippen LogP contribution is 2.31. The number of hydrogen-bond acceptors (Lipinski definition) is 2. The zero-order valence-corrected chi connectivity index (χ0v) is 11.2. The molecule has 1 unspecified atom stereocenters. The first kappa shape index (κ1) is 13.4. The van der Waals surface area contributed by atoms with Crippen molar-refractivity contribution in [2.75, 3.05) is 11.6 Å². The number of aliphatic hydroxyl groups is 1. The quantitative estimate of drug-likeness (QED) is 0.648. The van der Waals surface area contributed by atoms with Crippen LogP contribution < -0.4 is 4.90 Å². The summed E-state index contributed by atoms with van der Waals surface area (Å²) in [5.74, 6) is 0. The van der Waals surface area contributed by atoms with E-state index in [1.165, 1.54) is 0 Å². The minimum Gasteiger partial charge on any atom is -0.376 e. The maximum Gasteiger partial charge on any atom is 0.116 e. The fourth-order valence-electron chi connectivity index (χ4n) is 2.30. The normalized spacial score (nSPS) is 11.9. The van der Waals surface area contributed by atoms with Crippen LogP contribution in [0.2, 0.25) is 0 Å². The van der Waals surface area contributed by atoms with Crippen LogP contribution in [-0.4, -0.2) is 11.8 Å². The van der Waals surface area contributed by atoms with E-state index in [-0.39, 0.29) is 12.8 Å². The highest BCUT2D eigenvalue weighted by Gasteiger charge is 2.20. The molecule has 0 saturated carbocycles. The van der Waals surface area contributed by atoms with E-state index in [9.17, 15) is 5.11 Å². The monoisotopic (exact) mass is 253 g/mol. The van der Waals surface area contributed by atoms with Gasteiger partial charge in [0.15, 0.2) is 0 Å². The minimum absolute atomic E-state index is 0.0198. The van der Waals surface area contributed by atoms with Crippen LogP contribution in [0.4, 0.5) is 5.69 Å². The third-order valence-electron chi connectivity index (χ3n) is 3.13. The smallest absolute Gasteiger partial charge is 0.116 e. The second-order valence-corrected chi connectivity index (χ2v) is 4.61. The van der Waals surface area contributed by atoms with E-state index in [2.05, 4.69) is 18.7 Å². The molecule has 0 aliphatic carbocycles. The summed E-state index contributed by atoms with van der Waals surface area (Å²) in [6.45, 7) is 6.02. The van der Waals surface area contributed by atoms with Crippen molar-refractivity contribution in [3.63, 3.8) is 0 Å². The van der Waals surface area contributed by atoms with Crippen LogP contribution in [0.25, 0.3) is 0 Å². The van der Waals surface area contributed by atoms with Gasteiger partial charge in [-0.15, -0.1) is 0 Å². The largest absolute Gasteiger partial charge is 0.376 e. The molecule has 1 atom stereocenters. The van der Waals surface area contributed by atoms with E-state index in [1.54, 1.807) is 0 Å². The Morgan fingerprint density at radius 1 is 1.05 bits per heavy atom. The topological polar surface area (TPSA) is 23.5 Å². The summed E-state index contributed by atoms with van der Waals surface area (Å²) in [4.78, 5) is 1.94. The molecule has 0 heterocycles. The molecular weight excluding hydrogens is 234 g/mol. The number of nitrogens with zero attached hydrogens (tertiary/aromatic N) is 1. The third-order valence-corrected chi connectivity index (χ3v) is 3.13. The van der Waals surface area contributed by atoms with Gasteiger partial charge in [0.25, 0.3) is 0 Å². The van der Waals surface area contributed by atoms with Crippen LogP contribution >= 0.6 is 0 Å². The van der Waals surface area contributed by atoms with E-state index in [4.69, 9.17) is 0 Å². The molecule has 0 aromatic heterocycles. The highest BCUT2D eigenvalue weighted by atomic mass is 16.3. The van der Waals surface area contributed by atoms with Gasteiger partial charge in [-0.1, -0.05) is 60.7 Å². The lowest BCUT2D eigenvalue weighted by molar-refractivity contribution is 0.282. The standard InChI is InChI=1S/C17H19NO/c1-14(2)17(15-9-5-3-6-10-15)18(13-19)16-11-7-4-8-12-16/h3-12,17,19H,1,13H2,2H3. The molecule has 2 aromatic carbocycles. The van der Waals surface area contributed by atoms with Gasteiger partial charge in [0.05, 0.1) is 6.04 Å². The molecular formula is C17H19NO. The zero-order valence-electron chi connectivity index (χ0n) is 11.2. The van der Waals surface area contributed by atoms with Crippen molar-refractivity contribution in [2.45, 2.75) is 13.0 Å². The summed E-state index contributed by atoms with van der Waals surface area (Å²) >= 11 is 0. The summed E-state index contributed by atoms with van der Waals surface area (Å²) in [5.41, 5.74) is 3.12. The predicted octanol–water partition coefficient (Wildman–Crippen LogP) is 3.76. The van der Waals surface area contributed by atoms with Crippen molar-refractivity contribution < 1.29 is 5.11 Å². The molecule has 0 fully saturated rings. The van der Waals surface area contributed by atoms with Crippen LogP contribution in [0.5, 0.6) is 0 Å². The van der Waals surface area contributed by atoms with Crippen LogP contribution in [0, 0.1) is 0 Å². The van der Waals surface area contributed by atoms with Crippen molar-refractivity contribution in [1.82, 2.24) is 0 Å². The molecule has 1 N–H and O–H groups in total.